The van der Waals surface area contributed by atoms with Gasteiger partial charge in [-0.2, -0.15) is 5.10 Å². The first-order valence-electron chi connectivity index (χ1n) is 10.5. The van der Waals surface area contributed by atoms with Crippen LogP contribution >= 0.6 is 0 Å². The van der Waals surface area contributed by atoms with Gasteiger partial charge >= 0.3 is 0 Å². The molecule has 0 bridgehead atoms. The van der Waals surface area contributed by atoms with Gasteiger partial charge < -0.3 is 14.7 Å². The van der Waals surface area contributed by atoms with Gasteiger partial charge in [-0.1, -0.05) is 24.3 Å². The van der Waals surface area contributed by atoms with Crippen LogP contribution in [0.3, 0.4) is 0 Å². The van der Waals surface area contributed by atoms with Crippen molar-refractivity contribution in [3.05, 3.63) is 84.5 Å². The quantitative estimate of drug-likeness (QED) is 0.381. The van der Waals surface area contributed by atoms with E-state index in [-0.39, 0.29) is 0 Å². The summed E-state index contributed by atoms with van der Waals surface area (Å²) >= 11 is 0. The van der Waals surface area contributed by atoms with Crippen LogP contribution in [0.4, 0.5) is 5.69 Å². The van der Waals surface area contributed by atoms with E-state index in [1.54, 1.807) is 12.5 Å². The number of imidazole rings is 1. The first-order valence-corrected chi connectivity index (χ1v) is 10.5. The van der Waals surface area contributed by atoms with E-state index in [0.29, 0.717) is 6.54 Å². The van der Waals surface area contributed by atoms with E-state index in [0.717, 1.165) is 53.4 Å². The molecule has 2 N–H and O–H groups in total. The molecule has 31 heavy (non-hydrogen) atoms. The van der Waals surface area contributed by atoms with Crippen LogP contribution in [0, 0.1) is 0 Å². The number of hydrogen-bond donors (Lipinski definition) is 2. The number of hydrogen-bond acceptors (Lipinski definition) is 5. The molecule has 7 nitrogen and oxygen atoms in total. The number of furan rings is 1. The van der Waals surface area contributed by atoms with Crippen LogP contribution < -0.4 is 5.32 Å². The van der Waals surface area contributed by atoms with Gasteiger partial charge in [-0.05, 0) is 36.2 Å². The van der Waals surface area contributed by atoms with Gasteiger partial charge in [-0.15, -0.1) is 0 Å². The van der Waals surface area contributed by atoms with Gasteiger partial charge in [0.05, 0.1) is 18.1 Å². The van der Waals surface area contributed by atoms with E-state index >= 15 is 0 Å². The molecule has 0 spiro atoms. The topological polar surface area (TPSA) is 84.6 Å². The highest BCUT2D eigenvalue weighted by atomic mass is 16.3. The van der Waals surface area contributed by atoms with Gasteiger partial charge in [0.25, 0.3) is 0 Å². The smallest absolute Gasteiger partial charge is 0.179 e. The molecule has 0 saturated carbocycles. The standard InChI is InChI=1S/C24H24N6O/c1-2-30-16-19(15-27-30)18-7-5-17(6-8-18)14-26-21-11-12-25-24-23(21)28-22(29-24)10-9-20-4-3-13-31-20/h3-8,11-13,15-16H,2,9-10,14H2,1H3,(H2,25,26,28,29). The normalized spacial score (nSPS) is 11.3. The number of H-pyrrole nitrogens is 1. The summed E-state index contributed by atoms with van der Waals surface area (Å²) in [5.74, 6) is 1.86. The Hall–Kier alpha value is -3.87. The molecule has 4 heterocycles. The van der Waals surface area contributed by atoms with E-state index in [9.17, 15) is 0 Å². The van der Waals surface area contributed by atoms with Crippen LogP contribution in [0.15, 0.2) is 71.7 Å². The van der Waals surface area contributed by atoms with Crippen LogP contribution in [-0.4, -0.2) is 24.7 Å². The maximum Gasteiger partial charge on any atom is 0.179 e. The fourth-order valence-electron chi connectivity index (χ4n) is 3.62. The molecule has 0 aliphatic carbocycles. The minimum atomic E-state index is 0.717. The second-order valence-electron chi connectivity index (χ2n) is 7.46. The highest BCUT2D eigenvalue weighted by molar-refractivity contribution is 5.85. The summed E-state index contributed by atoms with van der Waals surface area (Å²) in [7, 11) is 0. The number of anilines is 1. The molecule has 0 unspecified atom stereocenters. The van der Waals surface area contributed by atoms with Crippen molar-refractivity contribution in [1.82, 2.24) is 24.7 Å². The number of aromatic amines is 1. The number of fused-ring (bicyclic) bond motifs is 1. The number of pyridine rings is 1. The minimum Gasteiger partial charge on any atom is -0.469 e. The third-order valence-corrected chi connectivity index (χ3v) is 5.36. The van der Waals surface area contributed by atoms with E-state index in [1.165, 1.54) is 11.1 Å². The zero-order chi connectivity index (χ0) is 21.0. The fourth-order valence-corrected chi connectivity index (χ4v) is 3.62. The molecule has 156 valence electrons. The van der Waals surface area contributed by atoms with Crippen molar-refractivity contribution >= 4 is 16.9 Å². The minimum absolute atomic E-state index is 0.717. The van der Waals surface area contributed by atoms with Crippen LogP contribution in [0.25, 0.3) is 22.3 Å². The lowest BCUT2D eigenvalue weighted by Gasteiger charge is -2.08. The maximum absolute atomic E-state index is 5.41. The van der Waals surface area contributed by atoms with E-state index in [4.69, 9.17) is 4.42 Å². The summed E-state index contributed by atoms with van der Waals surface area (Å²) in [6.07, 6.45) is 9.05. The number of aromatic nitrogens is 5. The lowest BCUT2D eigenvalue weighted by Crippen LogP contribution is -2.00. The average Bonchev–Trinajstić information content (AvgIpc) is 3.57. The molecule has 4 aromatic heterocycles. The van der Waals surface area contributed by atoms with E-state index in [2.05, 4.69) is 62.8 Å². The van der Waals surface area contributed by atoms with Gasteiger partial charge in [0.2, 0.25) is 0 Å². The Balaban J connectivity index is 1.26. The molecule has 5 aromatic rings. The highest BCUT2D eigenvalue weighted by Crippen LogP contribution is 2.22. The summed E-state index contributed by atoms with van der Waals surface area (Å²) in [6, 6.07) is 14.4. The Morgan fingerprint density at radius 3 is 2.74 bits per heavy atom. The first kappa shape index (κ1) is 19.1. The molecule has 0 radical (unpaired) electrons. The number of rotatable bonds is 8. The van der Waals surface area contributed by atoms with Crippen molar-refractivity contribution < 1.29 is 4.42 Å². The molecule has 0 aliphatic heterocycles. The van der Waals surface area contributed by atoms with Crippen molar-refractivity contribution in [3.8, 4) is 11.1 Å². The summed E-state index contributed by atoms with van der Waals surface area (Å²) in [5.41, 5.74) is 6.16. The molecule has 0 aliphatic rings. The zero-order valence-corrected chi connectivity index (χ0v) is 17.4. The summed E-state index contributed by atoms with van der Waals surface area (Å²) in [4.78, 5) is 12.4. The largest absolute Gasteiger partial charge is 0.469 e. The van der Waals surface area contributed by atoms with Crippen molar-refractivity contribution in [2.24, 2.45) is 0 Å². The Morgan fingerprint density at radius 2 is 1.97 bits per heavy atom. The molecule has 0 saturated heterocycles. The Labute approximate surface area is 180 Å². The predicted molar refractivity (Wildman–Crippen MR) is 121 cm³/mol. The second-order valence-corrected chi connectivity index (χ2v) is 7.46. The summed E-state index contributed by atoms with van der Waals surface area (Å²) in [6.45, 7) is 3.68. The lowest BCUT2D eigenvalue weighted by atomic mass is 10.1. The van der Waals surface area contributed by atoms with Gasteiger partial charge in [-0.25, -0.2) is 9.97 Å². The highest BCUT2D eigenvalue weighted by Gasteiger charge is 2.09. The van der Waals surface area contributed by atoms with Crippen LogP contribution in [0.1, 0.15) is 24.1 Å². The number of benzene rings is 1. The van der Waals surface area contributed by atoms with E-state index in [1.807, 2.05) is 29.1 Å². The summed E-state index contributed by atoms with van der Waals surface area (Å²) in [5, 5.41) is 7.86. The van der Waals surface area contributed by atoms with E-state index < -0.39 is 0 Å². The average molecular weight is 412 g/mol. The van der Waals surface area contributed by atoms with Gasteiger partial charge in [0.1, 0.15) is 17.1 Å². The molecule has 7 heteroatoms. The Kier molecular flexibility index (Phi) is 5.22. The number of nitrogens with zero attached hydrogens (tertiary/aromatic N) is 4. The van der Waals surface area contributed by atoms with Crippen molar-refractivity contribution in [2.75, 3.05) is 5.32 Å². The molecule has 0 atom stereocenters. The second kappa shape index (κ2) is 8.47. The molecule has 1 aromatic carbocycles. The van der Waals surface area contributed by atoms with Gasteiger partial charge in [0.15, 0.2) is 5.65 Å². The SMILES string of the molecule is CCn1cc(-c2ccc(CNc3ccnc4nc(CCc5ccco5)[nH]c34)cc2)cn1. The molecular formula is C24H24N6O. The maximum atomic E-state index is 5.41. The summed E-state index contributed by atoms with van der Waals surface area (Å²) < 4.78 is 7.35. The van der Waals surface area contributed by atoms with Crippen LogP contribution in [0.2, 0.25) is 0 Å². The molecule has 0 amide bonds. The predicted octanol–water partition coefficient (Wildman–Crippen LogP) is 4.83. The third kappa shape index (κ3) is 4.21. The third-order valence-electron chi connectivity index (χ3n) is 5.36. The molecular weight excluding hydrogens is 388 g/mol. The fraction of sp³-hybridized carbons (Fsp3) is 0.208. The molecule has 0 fully saturated rings. The number of aryl methyl sites for hydroxylation is 3. The Bertz CT molecular complexity index is 1270. The monoisotopic (exact) mass is 412 g/mol. The Morgan fingerprint density at radius 1 is 1.06 bits per heavy atom. The molecule has 5 rings (SSSR count). The lowest BCUT2D eigenvalue weighted by molar-refractivity contribution is 0.507. The van der Waals surface area contributed by atoms with Gasteiger partial charge in [0, 0.05) is 43.9 Å². The number of nitrogens with one attached hydrogen (secondary N) is 2. The van der Waals surface area contributed by atoms with Crippen molar-refractivity contribution in [3.63, 3.8) is 0 Å². The van der Waals surface area contributed by atoms with Crippen molar-refractivity contribution in [1.29, 1.82) is 0 Å². The van der Waals surface area contributed by atoms with Crippen LogP contribution in [-0.2, 0) is 25.9 Å². The van der Waals surface area contributed by atoms with Crippen LogP contribution in [0.5, 0.6) is 0 Å². The van der Waals surface area contributed by atoms with Crippen molar-refractivity contribution in [2.45, 2.75) is 32.9 Å². The van der Waals surface area contributed by atoms with Gasteiger partial charge in [-0.3, -0.25) is 4.68 Å². The first-order chi connectivity index (χ1) is 15.3. The zero-order valence-electron chi connectivity index (χ0n) is 17.4.